The molecule has 6 nitrogen and oxygen atoms in total. The number of alkyl halides is 4. The van der Waals surface area contributed by atoms with Crippen molar-refractivity contribution < 1.29 is 18.0 Å². The van der Waals surface area contributed by atoms with E-state index < -0.39 is 18.6 Å². The number of amides is 1. The van der Waals surface area contributed by atoms with Gasteiger partial charge in [-0.25, -0.2) is 9.97 Å². The molecule has 2 N–H and O–H groups in total. The van der Waals surface area contributed by atoms with Gasteiger partial charge in [0, 0.05) is 18.0 Å². The number of thiazole rings is 1. The summed E-state index contributed by atoms with van der Waals surface area (Å²) in [7, 11) is 0. The highest BCUT2D eigenvalue weighted by Crippen LogP contribution is 2.32. The van der Waals surface area contributed by atoms with E-state index in [1.807, 2.05) is 11.4 Å². The lowest BCUT2D eigenvalue weighted by Crippen LogP contribution is -2.33. The monoisotopic (exact) mass is 427 g/mol. The smallest absolute Gasteiger partial charge is 0.343 e. The SMILES string of the molecule is O=C(NCC(F)(F)F)c1ccnc(Nc2nc(-c3ccccn3)c(CCl)s2)c1. The van der Waals surface area contributed by atoms with Gasteiger partial charge in [0.25, 0.3) is 5.91 Å². The summed E-state index contributed by atoms with van der Waals surface area (Å²) >= 11 is 7.28. The number of carbonyl (C=O) groups is 1. The molecule has 0 saturated heterocycles. The van der Waals surface area contributed by atoms with Crippen molar-refractivity contribution in [2.45, 2.75) is 12.1 Å². The number of carbonyl (C=O) groups excluding carboxylic acids is 1. The molecule has 0 fully saturated rings. The summed E-state index contributed by atoms with van der Waals surface area (Å²) in [6.07, 6.45) is -1.52. The lowest BCUT2D eigenvalue weighted by Gasteiger charge is -2.09. The Morgan fingerprint density at radius 2 is 2.00 bits per heavy atom. The van der Waals surface area contributed by atoms with Gasteiger partial charge in [0.15, 0.2) is 5.13 Å². The minimum absolute atomic E-state index is 0.0424. The van der Waals surface area contributed by atoms with Crippen LogP contribution >= 0.6 is 22.9 Å². The first-order chi connectivity index (χ1) is 13.4. The molecule has 11 heteroatoms. The van der Waals surface area contributed by atoms with Crippen LogP contribution in [0.25, 0.3) is 11.4 Å². The van der Waals surface area contributed by atoms with Crippen LogP contribution in [0.15, 0.2) is 42.7 Å². The van der Waals surface area contributed by atoms with E-state index in [0.717, 1.165) is 4.88 Å². The standard InChI is InChI=1S/C17H13ClF3N5OS/c18-8-12-14(11-3-1-2-5-22-11)26-16(28-12)25-13-7-10(4-6-23-13)15(27)24-9-17(19,20)21/h1-7H,8-9H2,(H,24,27)(H,23,25,26). The molecule has 28 heavy (non-hydrogen) atoms. The van der Waals surface area contributed by atoms with E-state index in [-0.39, 0.29) is 17.3 Å². The van der Waals surface area contributed by atoms with Crippen LogP contribution in [-0.2, 0) is 5.88 Å². The van der Waals surface area contributed by atoms with Crippen LogP contribution < -0.4 is 10.6 Å². The maximum absolute atomic E-state index is 12.2. The molecule has 0 aromatic carbocycles. The molecule has 3 aromatic rings. The van der Waals surface area contributed by atoms with Crippen molar-refractivity contribution in [1.29, 1.82) is 0 Å². The minimum Gasteiger partial charge on any atom is -0.343 e. The van der Waals surface area contributed by atoms with E-state index in [1.165, 1.54) is 29.7 Å². The Morgan fingerprint density at radius 3 is 2.68 bits per heavy atom. The molecule has 0 radical (unpaired) electrons. The molecule has 3 heterocycles. The number of nitrogens with one attached hydrogen (secondary N) is 2. The quantitative estimate of drug-likeness (QED) is 0.571. The van der Waals surface area contributed by atoms with Crippen molar-refractivity contribution in [2.24, 2.45) is 0 Å². The number of anilines is 2. The molecule has 3 aromatic heterocycles. The maximum atomic E-state index is 12.2. The van der Waals surface area contributed by atoms with E-state index in [2.05, 4.69) is 20.3 Å². The molecular weight excluding hydrogens is 415 g/mol. The topological polar surface area (TPSA) is 79.8 Å². The summed E-state index contributed by atoms with van der Waals surface area (Å²) in [6, 6.07) is 8.08. The van der Waals surface area contributed by atoms with Gasteiger partial charge in [0.05, 0.1) is 16.5 Å². The Labute approximate surface area is 166 Å². The largest absolute Gasteiger partial charge is 0.405 e. The predicted octanol–water partition coefficient (Wildman–Crippen LogP) is 4.37. The number of aromatic nitrogens is 3. The molecule has 0 aliphatic carbocycles. The van der Waals surface area contributed by atoms with Gasteiger partial charge in [-0.05, 0) is 24.3 Å². The fourth-order valence-corrected chi connectivity index (χ4v) is 3.35. The van der Waals surface area contributed by atoms with E-state index in [0.29, 0.717) is 16.5 Å². The molecule has 0 aliphatic rings. The van der Waals surface area contributed by atoms with Gasteiger partial charge in [0.1, 0.15) is 18.1 Å². The lowest BCUT2D eigenvalue weighted by atomic mass is 10.2. The van der Waals surface area contributed by atoms with Gasteiger partial charge >= 0.3 is 6.18 Å². The Hall–Kier alpha value is -2.72. The predicted molar refractivity (Wildman–Crippen MR) is 101 cm³/mol. The first-order valence-electron chi connectivity index (χ1n) is 7.91. The first-order valence-corrected chi connectivity index (χ1v) is 9.26. The van der Waals surface area contributed by atoms with Crippen molar-refractivity contribution in [3.8, 4) is 11.4 Å². The molecule has 0 atom stereocenters. The summed E-state index contributed by atoms with van der Waals surface area (Å²) in [6.45, 7) is -1.41. The molecular formula is C17H13ClF3N5OS. The van der Waals surface area contributed by atoms with Gasteiger partial charge in [-0.1, -0.05) is 17.4 Å². The fraction of sp³-hybridized carbons (Fsp3) is 0.176. The number of hydrogen-bond donors (Lipinski definition) is 2. The lowest BCUT2D eigenvalue weighted by molar-refractivity contribution is -0.123. The summed E-state index contributed by atoms with van der Waals surface area (Å²) in [5.41, 5.74) is 1.33. The maximum Gasteiger partial charge on any atom is 0.405 e. The van der Waals surface area contributed by atoms with E-state index in [1.54, 1.807) is 18.3 Å². The van der Waals surface area contributed by atoms with E-state index in [9.17, 15) is 18.0 Å². The average molecular weight is 428 g/mol. The van der Waals surface area contributed by atoms with Crippen LogP contribution in [0.4, 0.5) is 24.1 Å². The van der Waals surface area contributed by atoms with Crippen LogP contribution in [0.5, 0.6) is 0 Å². The summed E-state index contributed by atoms with van der Waals surface area (Å²) < 4.78 is 36.7. The van der Waals surface area contributed by atoms with Crippen molar-refractivity contribution in [3.63, 3.8) is 0 Å². The highest BCUT2D eigenvalue weighted by atomic mass is 35.5. The van der Waals surface area contributed by atoms with E-state index in [4.69, 9.17) is 11.6 Å². The van der Waals surface area contributed by atoms with Crippen LogP contribution in [0.1, 0.15) is 15.2 Å². The van der Waals surface area contributed by atoms with Crippen LogP contribution in [0.3, 0.4) is 0 Å². The third-order valence-electron chi connectivity index (χ3n) is 3.43. The minimum atomic E-state index is -4.48. The highest BCUT2D eigenvalue weighted by Gasteiger charge is 2.28. The van der Waals surface area contributed by atoms with Crippen molar-refractivity contribution in [2.75, 3.05) is 11.9 Å². The Bertz CT molecular complexity index is 965. The zero-order valence-electron chi connectivity index (χ0n) is 14.1. The molecule has 0 unspecified atom stereocenters. The van der Waals surface area contributed by atoms with E-state index >= 15 is 0 Å². The number of pyridine rings is 2. The Morgan fingerprint density at radius 1 is 1.18 bits per heavy atom. The van der Waals surface area contributed by atoms with Gasteiger partial charge in [0.2, 0.25) is 0 Å². The third kappa shape index (κ3) is 5.17. The molecule has 0 spiro atoms. The number of rotatable bonds is 6. The van der Waals surface area contributed by atoms with Crippen LogP contribution in [-0.4, -0.2) is 33.6 Å². The zero-order valence-corrected chi connectivity index (χ0v) is 15.7. The second-order valence-corrected chi connectivity index (χ2v) is 6.84. The summed E-state index contributed by atoms with van der Waals surface area (Å²) in [4.78, 5) is 25.5. The number of nitrogens with zero attached hydrogens (tertiary/aromatic N) is 3. The van der Waals surface area contributed by atoms with Crippen molar-refractivity contribution in [1.82, 2.24) is 20.3 Å². The van der Waals surface area contributed by atoms with Gasteiger partial charge < -0.3 is 10.6 Å². The number of hydrogen-bond acceptors (Lipinski definition) is 6. The average Bonchev–Trinajstić information content (AvgIpc) is 3.09. The molecule has 0 aliphatic heterocycles. The molecule has 0 bridgehead atoms. The molecule has 146 valence electrons. The normalized spacial score (nSPS) is 11.3. The highest BCUT2D eigenvalue weighted by molar-refractivity contribution is 7.16. The van der Waals surface area contributed by atoms with Gasteiger partial charge in [-0.15, -0.1) is 11.6 Å². The third-order valence-corrected chi connectivity index (χ3v) is 4.83. The van der Waals surface area contributed by atoms with Crippen molar-refractivity contribution in [3.05, 3.63) is 53.2 Å². The fourth-order valence-electron chi connectivity index (χ4n) is 2.23. The molecule has 0 saturated carbocycles. The zero-order chi connectivity index (χ0) is 20.1. The summed E-state index contributed by atoms with van der Waals surface area (Å²) in [5, 5.41) is 5.23. The van der Waals surface area contributed by atoms with Crippen LogP contribution in [0, 0.1) is 0 Å². The second-order valence-electron chi connectivity index (χ2n) is 5.49. The number of halogens is 4. The second kappa shape index (κ2) is 8.53. The Balaban J connectivity index is 1.77. The Kier molecular flexibility index (Phi) is 6.10. The molecule has 3 rings (SSSR count). The van der Waals surface area contributed by atoms with Crippen molar-refractivity contribution >= 4 is 39.8 Å². The first kappa shape index (κ1) is 20.0. The molecule has 1 amide bonds. The summed E-state index contributed by atoms with van der Waals surface area (Å²) in [5.74, 6) is -0.349. The van der Waals surface area contributed by atoms with Crippen LogP contribution in [0.2, 0.25) is 0 Å². The van der Waals surface area contributed by atoms with Gasteiger partial charge in [-0.3, -0.25) is 9.78 Å². The van der Waals surface area contributed by atoms with Gasteiger partial charge in [-0.2, -0.15) is 13.2 Å².